The first-order valence-electron chi connectivity index (χ1n) is 9.00. The number of piperazine rings is 1. The molecule has 1 aromatic heterocycles. The molecule has 2 N–H and O–H groups in total. The van der Waals surface area contributed by atoms with Crippen molar-refractivity contribution in [3.05, 3.63) is 58.4 Å². The van der Waals surface area contributed by atoms with Crippen molar-refractivity contribution >= 4 is 0 Å². The van der Waals surface area contributed by atoms with Gasteiger partial charge in [-0.1, -0.05) is 49.2 Å². The van der Waals surface area contributed by atoms with E-state index in [0.717, 1.165) is 43.0 Å². The van der Waals surface area contributed by atoms with Gasteiger partial charge in [-0.2, -0.15) is 0 Å². The van der Waals surface area contributed by atoms with E-state index in [-0.39, 0.29) is 11.1 Å². The summed E-state index contributed by atoms with van der Waals surface area (Å²) in [5, 5.41) is 3.55. The Morgan fingerprint density at radius 1 is 1.04 bits per heavy atom. The summed E-state index contributed by atoms with van der Waals surface area (Å²) in [6, 6.07) is 14.1. The van der Waals surface area contributed by atoms with Crippen LogP contribution in [0, 0.1) is 0 Å². The number of aromatic nitrogens is 1. The van der Waals surface area contributed by atoms with Crippen molar-refractivity contribution in [2.75, 3.05) is 19.6 Å². The van der Waals surface area contributed by atoms with Crippen LogP contribution in [0.4, 0.5) is 0 Å². The fourth-order valence-corrected chi connectivity index (χ4v) is 4.28. The van der Waals surface area contributed by atoms with Crippen molar-refractivity contribution in [1.82, 2.24) is 15.2 Å². The van der Waals surface area contributed by atoms with Crippen molar-refractivity contribution in [2.45, 2.75) is 37.8 Å². The molecule has 2 fully saturated rings. The largest absolute Gasteiger partial charge is 0.322 e. The molecule has 0 bridgehead atoms. The lowest BCUT2D eigenvalue weighted by Gasteiger charge is -2.45. The molecule has 0 atom stereocenters. The molecule has 0 amide bonds. The van der Waals surface area contributed by atoms with E-state index in [4.69, 9.17) is 0 Å². The summed E-state index contributed by atoms with van der Waals surface area (Å²) in [4.78, 5) is 18.2. The van der Waals surface area contributed by atoms with Crippen LogP contribution < -0.4 is 10.9 Å². The smallest absolute Gasteiger partial charge is 0.252 e. The maximum atomic E-state index is 12.6. The summed E-state index contributed by atoms with van der Waals surface area (Å²) in [5.74, 6) is 0. The van der Waals surface area contributed by atoms with Crippen LogP contribution in [-0.2, 0) is 6.54 Å². The van der Waals surface area contributed by atoms with Gasteiger partial charge in [-0.25, -0.2) is 0 Å². The van der Waals surface area contributed by atoms with Crippen molar-refractivity contribution in [3.8, 4) is 11.3 Å². The average Bonchev–Trinajstić information content (AvgIpc) is 3.08. The van der Waals surface area contributed by atoms with Crippen molar-refractivity contribution < 1.29 is 0 Å². The quantitative estimate of drug-likeness (QED) is 0.913. The predicted octanol–water partition coefficient (Wildman–Crippen LogP) is 2.76. The molecule has 4 heteroatoms. The summed E-state index contributed by atoms with van der Waals surface area (Å²) < 4.78 is 0. The molecule has 4 nitrogen and oxygen atoms in total. The Bertz CT molecular complexity index is 747. The Morgan fingerprint density at radius 2 is 1.83 bits per heavy atom. The number of hydrogen-bond donors (Lipinski definition) is 2. The first kappa shape index (κ1) is 15.6. The second-order valence-electron chi connectivity index (χ2n) is 7.12. The number of aromatic amines is 1. The summed E-state index contributed by atoms with van der Waals surface area (Å²) in [6.45, 7) is 3.86. The minimum Gasteiger partial charge on any atom is -0.322 e. The van der Waals surface area contributed by atoms with Crippen LogP contribution in [0.3, 0.4) is 0 Å². The molecule has 0 unspecified atom stereocenters. The van der Waals surface area contributed by atoms with E-state index in [1.807, 2.05) is 42.5 Å². The molecule has 126 valence electrons. The number of rotatable bonds is 3. The molecule has 2 aliphatic rings. The first-order valence-corrected chi connectivity index (χ1v) is 9.00. The van der Waals surface area contributed by atoms with Gasteiger partial charge in [0.2, 0.25) is 0 Å². The molecule has 2 heterocycles. The number of nitrogens with one attached hydrogen (secondary N) is 2. The number of hydrogen-bond acceptors (Lipinski definition) is 3. The van der Waals surface area contributed by atoms with Gasteiger partial charge >= 0.3 is 0 Å². The SMILES string of the molecule is O=c1[nH]c(-c2ccccc2)ccc1CN1CCNCC12CCCC2. The zero-order chi connectivity index (χ0) is 16.4. The third-order valence-electron chi connectivity index (χ3n) is 5.65. The Morgan fingerprint density at radius 3 is 2.58 bits per heavy atom. The van der Waals surface area contributed by atoms with E-state index < -0.39 is 0 Å². The van der Waals surface area contributed by atoms with E-state index in [0.29, 0.717) is 0 Å². The zero-order valence-electron chi connectivity index (χ0n) is 14.1. The van der Waals surface area contributed by atoms with Crippen LogP contribution in [0.2, 0.25) is 0 Å². The highest BCUT2D eigenvalue weighted by atomic mass is 16.1. The summed E-state index contributed by atoms with van der Waals surface area (Å²) in [7, 11) is 0. The van der Waals surface area contributed by atoms with E-state index in [1.165, 1.54) is 25.7 Å². The summed E-state index contributed by atoms with van der Waals surface area (Å²) >= 11 is 0. The molecular weight excluding hydrogens is 298 g/mol. The van der Waals surface area contributed by atoms with Gasteiger partial charge in [0, 0.05) is 43.0 Å². The van der Waals surface area contributed by atoms with E-state index >= 15 is 0 Å². The summed E-state index contributed by atoms with van der Waals surface area (Å²) in [5.41, 5.74) is 3.13. The first-order chi connectivity index (χ1) is 11.8. The van der Waals surface area contributed by atoms with Crippen LogP contribution in [0.1, 0.15) is 31.2 Å². The van der Waals surface area contributed by atoms with Gasteiger partial charge in [0.1, 0.15) is 0 Å². The fraction of sp³-hybridized carbons (Fsp3) is 0.450. The second-order valence-corrected chi connectivity index (χ2v) is 7.12. The van der Waals surface area contributed by atoms with Gasteiger partial charge in [0.25, 0.3) is 5.56 Å². The van der Waals surface area contributed by atoms with Gasteiger partial charge in [0.15, 0.2) is 0 Å². The lowest BCUT2D eigenvalue weighted by atomic mass is 9.92. The van der Waals surface area contributed by atoms with Crippen molar-refractivity contribution in [2.24, 2.45) is 0 Å². The number of pyridine rings is 1. The van der Waals surface area contributed by atoms with Crippen LogP contribution in [-0.4, -0.2) is 35.1 Å². The third-order valence-corrected chi connectivity index (χ3v) is 5.65. The number of H-pyrrole nitrogens is 1. The Balaban J connectivity index is 1.57. The van der Waals surface area contributed by atoms with Crippen molar-refractivity contribution in [1.29, 1.82) is 0 Å². The fourth-order valence-electron chi connectivity index (χ4n) is 4.28. The highest BCUT2D eigenvalue weighted by Crippen LogP contribution is 2.36. The molecule has 1 aromatic carbocycles. The summed E-state index contributed by atoms with van der Waals surface area (Å²) in [6.07, 6.45) is 5.11. The van der Waals surface area contributed by atoms with E-state index in [1.54, 1.807) is 0 Å². The maximum Gasteiger partial charge on any atom is 0.252 e. The molecule has 2 aromatic rings. The molecule has 1 aliphatic heterocycles. The molecule has 1 spiro atoms. The minimum atomic E-state index is 0.0445. The third kappa shape index (κ3) is 2.92. The van der Waals surface area contributed by atoms with Gasteiger partial charge in [-0.05, 0) is 24.5 Å². The lowest BCUT2D eigenvalue weighted by Crippen LogP contribution is -2.59. The molecule has 1 aliphatic carbocycles. The van der Waals surface area contributed by atoms with Crippen LogP contribution in [0.5, 0.6) is 0 Å². The Hall–Kier alpha value is -1.91. The molecule has 1 saturated carbocycles. The molecule has 0 radical (unpaired) electrons. The number of nitrogens with zero attached hydrogens (tertiary/aromatic N) is 1. The van der Waals surface area contributed by atoms with Gasteiger partial charge < -0.3 is 10.3 Å². The Labute approximate surface area is 142 Å². The molecular formula is C20H25N3O. The maximum absolute atomic E-state index is 12.6. The zero-order valence-corrected chi connectivity index (χ0v) is 14.1. The number of benzene rings is 1. The van der Waals surface area contributed by atoms with E-state index in [2.05, 4.69) is 15.2 Å². The van der Waals surface area contributed by atoms with Gasteiger partial charge in [0.05, 0.1) is 0 Å². The van der Waals surface area contributed by atoms with Crippen molar-refractivity contribution in [3.63, 3.8) is 0 Å². The average molecular weight is 323 g/mol. The monoisotopic (exact) mass is 323 g/mol. The lowest BCUT2D eigenvalue weighted by molar-refractivity contribution is 0.0569. The van der Waals surface area contributed by atoms with E-state index in [9.17, 15) is 4.79 Å². The highest BCUT2D eigenvalue weighted by molar-refractivity contribution is 5.58. The van der Waals surface area contributed by atoms with Crippen LogP contribution in [0.25, 0.3) is 11.3 Å². The minimum absolute atomic E-state index is 0.0445. The topological polar surface area (TPSA) is 48.1 Å². The second kappa shape index (κ2) is 6.54. The highest BCUT2D eigenvalue weighted by Gasteiger charge is 2.41. The van der Waals surface area contributed by atoms with Gasteiger partial charge in [-0.3, -0.25) is 9.69 Å². The van der Waals surface area contributed by atoms with Crippen LogP contribution >= 0.6 is 0 Å². The molecule has 1 saturated heterocycles. The van der Waals surface area contributed by atoms with Crippen LogP contribution in [0.15, 0.2) is 47.3 Å². The predicted molar refractivity (Wildman–Crippen MR) is 97.0 cm³/mol. The standard InChI is InChI=1S/C20H25N3O/c24-19-17(8-9-18(22-19)16-6-2-1-3-7-16)14-23-13-12-21-15-20(23)10-4-5-11-20/h1-3,6-9,21H,4-5,10-15H2,(H,22,24). The normalized spacial score (nSPS) is 20.5. The Kier molecular flexibility index (Phi) is 4.25. The molecule has 24 heavy (non-hydrogen) atoms. The molecule has 4 rings (SSSR count). The van der Waals surface area contributed by atoms with Gasteiger partial charge in [-0.15, -0.1) is 0 Å².